The fraction of sp³-hybridized carbons (Fsp3) is 1.00. The van der Waals surface area contributed by atoms with Crippen LogP contribution in [0.3, 0.4) is 0 Å². The second kappa shape index (κ2) is 5.27. The number of fused-ring (bicyclic) bond motifs is 2. The minimum Gasteiger partial charge on any atom is -0.375 e. The van der Waals surface area contributed by atoms with Crippen LogP contribution in [0.5, 0.6) is 0 Å². The highest BCUT2D eigenvalue weighted by Gasteiger charge is 2.44. The van der Waals surface area contributed by atoms with Crippen molar-refractivity contribution in [3.8, 4) is 0 Å². The van der Waals surface area contributed by atoms with Crippen molar-refractivity contribution in [2.24, 2.45) is 11.8 Å². The van der Waals surface area contributed by atoms with E-state index in [1.807, 2.05) is 0 Å². The molecule has 0 spiro atoms. The number of hydrogen-bond acceptors (Lipinski definition) is 2. The molecule has 2 bridgehead atoms. The van der Waals surface area contributed by atoms with Gasteiger partial charge in [-0.3, -0.25) is 0 Å². The molecular formula is C15H27NO. The molecule has 0 aromatic heterocycles. The van der Waals surface area contributed by atoms with Crippen molar-refractivity contribution >= 4 is 0 Å². The van der Waals surface area contributed by atoms with Crippen LogP contribution in [0.4, 0.5) is 0 Å². The molecular weight excluding hydrogens is 210 g/mol. The van der Waals surface area contributed by atoms with Gasteiger partial charge in [0.25, 0.3) is 0 Å². The van der Waals surface area contributed by atoms with Crippen LogP contribution in [0, 0.1) is 11.8 Å². The van der Waals surface area contributed by atoms with Crippen LogP contribution in [0.25, 0.3) is 0 Å². The molecule has 3 rings (SSSR count). The Morgan fingerprint density at radius 3 is 2.71 bits per heavy atom. The summed E-state index contributed by atoms with van der Waals surface area (Å²) < 4.78 is 6.03. The van der Waals surface area contributed by atoms with Gasteiger partial charge in [0, 0.05) is 12.0 Å². The van der Waals surface area contributed by atoms with E-state index < -0.39 is 0 Å². The van der Waals surface area contributed by atoms with E-state index in [1.54, 1.807) is 0 Å². The third-order valence-electron chi connectivity index (χ3n) is 4.91. The average molecular weight is 237 g/mol. The van der Waals surface area contributed by atoms with E-state index in [0.717, 1.165) is 17.9 Å². The first-order valence-corrected chi connectivity index (χ1v) is 7.75. The normalized spacial score (nSPS) is 37.6. The van der Waals surface area contributed by atoms with Crippen molar-refractivity contribution in [3.05, 3.63) is 0 Å². The predicted octanol–water partition coefficient (Wildman–Crippen LogP) is 3.11. The molecule has 3 aliphatic rings. The monoisotopic (exact) mass is 237 g/mol. The van der Waals surface area contributed by atoms with Crippen molar-refractivity contribution in [1.82, 2.24) is 5.32 Å². The Hall–Kier alpha value is -0.0800. The van der Waals surface area contributed by atoms with Crippen LogP contribution < -0.4 is 5.32 Å². The van der Waals surface area contributed by atoms with Crippen LogP contribution in [0.15, 0.2) is 0 Å². The van der Waals surface area contributed by atoms with Gasteiger partial charge in [0.05, 0.1) is 12.2 Å². The summed E-state index contributed by atoms with van der Waals surface area (Å²) in [6.07, 6.45) is 12.3. The Morgan fingerprint density at radius 2 is 2.12 bits per heavy atom. The quantitative estimate of drug-likeness (QED) is 0.734. The minimum absolute atomic E-state index is 0.591. The van der Waals surface area contributed by atoms with Crippen LogP contribution in [0.1, 0.15) is 58.3 Å². The maximum Gasteiger partial charge on any atom is 0.0623 e. The Bertz CT molecular complexity index is 251. The van der Waals surface area contributed by atoms with Gasteiger partial charge in [0.15, 0.2) is 0 Å². The second-order valence-corrected chi connectivity index (χ2v) is 6.35. The Kier molecular flexibility index (Phi) is 3.72. The van der Waals surface area contributed by atoms with Crippen molar-refractivity contribution in [3.63, 3.8) is 0 Å². The molecule has 2 nitrogen and oxygen atoms in total. The lowest BCUT2D eigenvalue weighted by atomic mass is 9.81. The van der Waals surface area contributed by atoms with Gasteiger partial charge in [0.2, 0.25) is 0 Å². The van der Waals surface area contributed by atoms with Gasteiger partial charge in [-0.05, 0) is 51.0 Å². The van der Waals surface area contributed by atoms with Crippen molar-refractivity contribution < 1.29 is 4.74 Å². The maximum atomic E-state index is 6.03. The Labute approximate surface area is 105 Å². The van der Waals surface area contributed by atoms with E-state index in [1.165, 1.54) is 57.9 Å². The predicted molar refractivity (Wildman–Crippen MR) is 70.0 cm³/mol. The third-order valence-corrected chi connectivity index (χ3v) is 4.91. The van der Waals surface area contributed by atoms with Crippen molar-refractivity contribution in [2.45, 2.75) is 76.5 Å². The topological polar surface area (TPSA) is 21.3 Å². The zero-order valence-electron chi connectivity index (χ0n) is 11.2. The highest BCUT2D eigenvalue weighted by Crippen LogP contribution is 2.42. The molecule has 1 aliphatic carbocycles. The summed E-state index contributed by atoms with van der Waals surface area (Å²) >= 11 is 0. The number of rotatable bonds is 7. The lowest BCUT2D eigenvalue weighted by Crippen LogP contribution is -2.41. The molecule has 17 heavy (non-hydrogen) atoms. The van der Waals surface area contributed by atoms with Gasteiger partial charge < -0.3 is 10.1 Å². The van der Waals surface area contributed by atoms with E-state index in [2.05, 4.69) is 12.2 Å². The summed E-state index contributed by atoms with van der Waals surface area (Å²) in [5, 5.41) is 3.80. The van der Waals surface area contributed by atoms with Gasteiger partial charge in [-0.2, -0.15) is 0 Å². The first-order valence-electron chi connectivity index (χ1n) is 7.75. The minimum atomic E-state index is 0.591. The van der Waals surface area contributed by atoms with E-state index in [4.69, 9.17) is 4.74 Å². The molecule has 98 valence electrons. The van der Waals surface area contributed by atoms with E-state index in [-0.39, 0.29) is 0 Å². The molecule has 3 fully saturated rings. The molecule has 2 heterocycles. The van der Waals surface area contributed by atoms with Crippen LogP contribution >= 0.6 is 0 Å². The summed E-state index contributed by atoms with van der Waals surface area (Å²) in [7, 11) is 0. The molecule has 2 heteroatoms. The fourth-order valence-electron chi connectivity index (χ4n) is 3.72. The number of ether oxygens (including phenoxy) is 1. The zero-order chi connectivity index (χ0) is 11.7. The highest BCUT2D eigenvalue weighted by atomic mass is 16.5. The van der Waals surface area contributed by atoms with E-state index in [0.29, 0.717) is 12.2 Å². The highest BCUT2D eigenvalue weighted by molar-refractivity contribution is 4.95. The van der Waals surface area contributed by atoms with E-state index in [9.17, 15) is 0 Å². The first kappa shape index (κ1) is 12.0. The average Bonchev–Trinajstić information content (AvgIpc) is 2.94. The molecule has 0 aromatic carbocycles. The second-order valence-electron chi connectivity index (χ2n) is 6.35. The summed E-state index contributed by atoms with van der Waals surface area (Å²) in [6.45, 7) is 3.45. The maximum absolute atomic E-state index is 6.03. The largest absolute Gasteiger partial charge is 0.375 e. The molecule has 2 saturated heterocycles. The Balaban J connectivity index is 1.52. The summed E-state index contributed by atoms with van der Waals surface area (Å²) in [5.74, 6) is 1.89. The van der Waals surface area contributed by atoms with Gasteiger partial charge in [-0.1, -0.05) is 19.8 Å². The van der Waals surface area contributed by atoms with Crippen LogP contribution in [-0.2, 0) is 4.74 Å². The molecule has 1 N–H and O–H groups in total. The standard InChI is InChI=1S/C15H27NO/c1-2-9-16-14(7-5-11-3-4-11)13-10-12-6-8-15(13)17-12/h11-16H,2-10H2,1H3. The van der Waals surface area contributed by atoms with Crippen LogP contribution in [0.2, 0.25) is 0 Å². The molecule has 4 atom stereocenters. The van der Waals surface area contributed by atoms with E-state index >= 15 is 0 Å². The smallest absolute Gasteiger partial charge is 0.0623 e. The van der Waals surface area contributed by atoms with Gasteiger partial charge in [0.1, 0.15) is 0 Å². The molecule has 2 aliphatic heterocycles. The van der Waals surface area contributed by atoms with Gasteiger partial charge in [-0.15, -0.1) is 0 Å². The van der Waals surface area contributed by atoms with Gasteiger partial charge >= 0.3 is 0 Å². The van der Waals surface area contributed by atoms with Gasteiger partial charge in [-0.25, -0.2) is 0 Å². The lowest BCUT2D eigenvalue weighted by molar-refractivity contribution is 0.0846. The first-order chi connectivity index (χ1) is 8.36. The zero-order valence-corrected chi connectivity index (χ0v) is 11.2. The number of hydrogen-bond donors (Lipinski definition) is 1. The number of nitrogens with one attached hydrogen (secondary N) is 1. The molecule has 4 unspecified atom stereocenters. The molecule has 0 radical (unpaired) electrons. The van der Waals surface area contributed by atoms with Crippen molar-refractivity contribution in [2.75, 3.05) is 6.54 Å². The Morgan fingerprint density at radius 1 is 1.24 bits per heavy atom. The van der Waals surface area contributed by atoms with Crippen LogP contribution in [-0.4, -0.2) is 24.8 Å². The molecule has 1 saturated carbocycles. The summed E-state index contributed by atoms with van der Waals surface area (Å²) in [6, 6.07) is 0.742. The third kappa shape index (κ3) is 2.85. The van der Waals surface area contributed by atoms with Crippen molar-refractivity contribution in [1.29, 1.82) is 0 Å². The fourth-order valence-corrected chi connectivity index (χ4v) is 3.72. The SMILES string of the molecule is CCCNC(CCC1CC1)C1CC2CCC1O2. The summed E-state index contributed by atoms with van der Waals surface area (Å²) in [4.78, 5) is 0. The molecule has 0 amide bonds. The molecule has 0 aromatic rings. The lowest BCUT2D eigenvalue weighted by Gasteiger charge is -2.29. The summed E-state index contributed by atoms with van der Waals surface area (Å²) in [5.41, 5.74) is 0.